The molecule has 1 aromatic heterocycles. The van der Waals surface area contributed by atoms with Crippen molar-refractivity contribution in [2.75, 3.05) is 21.3 Å². The Kier molecular flexibility index (Phi) is 6.19. The number of carbonyl (C=O) groups is 1. The minimum Gasteiger partial charge on any atom is -0.497 e. The Labute approximate surface area is 191 Å². The number of rotatable bonds is 6. The second kappa shape index (κ2) is 9.04. The van der Waals surface area contributed by atoms with E-state index in [1.165, 1.54) is 5.01 Å². The van der Waals surface area contributed by atoms with Gasteiger partial charge in [0.15, 0.2) is 11.5 Å². The molecule has 0 fully saturated rings. The van der Waals surface area contributed by atoms with Gasteiger partial charge in [-0.3, -0.25) is 4.79 Å². The zero-order valence-electron chi connectivity index (χ0n) is 18.4. The molecule has 2 heterocycles. The summed E-state index contributed by atoms with van der Waals surface area (Å²) in [6.07, 6.45) is 0.823. The molecule has 2 aromatic carbocycles. The summed E-state index contributed by atoms with van der Waals surface area (Å²) in [4.78, 5) is 17.3. The summed E-state index contributed by atoms with van der Waals surface area (Å²) in [7, 11) is 4.79. The molecular weight excluding hydrogens is 430 g/mol. The summed E-state index contributed by atoms with van der Waals surface area (Å²) in [5.41, 5.74) is 3.12. The number of aromatic nitrogens is 1. The van der Waals surface area contributed by atoms with Crippen molar-refractivity contribution in [1.29, 1.82) is 0 Å². The van der Waals surface area contributed by atoms with Crippen LogP contribution < -0.4 is 14.2 Å². The molecule has 1 amide bonds. The average molecular weight is 454 g/mol. The lowest BCUT2D eigenvalue weighted by Crippen LogP contribution is -2.26. The van der Waals surface area contributed by atoms with Crippen LogP contribution >= 0.6 is 11.6 Å². The highest BCUT2D eigenvalue weighted by molar-refractivity contribution is 6.30. The van der Waals surface area contributed by atoms with Gasteiger partial charge < -0.3 is 14.2 Å². The van der Waals surface area contributed by atoms with Crippen LogP contribution in [-0.4, -0.2) is 42.9 Å². The van der Waals surface area contributed by atoms with Crippen molar-refractivity contribution in [2.24, 2.45) is 5.10 Å². The van der Waals surface area contributed by atoms with Crippen LogP contribution in [0.4, 0.5) is 0 Å². The molecular formula is C24H24ClN3O4. The highest BCUT2D eigenvalue weighted by atomic mass is 35.5. The average Bonchev–Trinajstić information content (AvgIpc) is 3.27. The van der Waals surface area contributed by atoms with Crippen LogP contribution in [-0.2, 0) is 4.79 Å². The number of benzene rings is 2. The van der Waals surface area contributed by atoms with Crippen LogP contribution in [0.2, 0.25) is 5.15 Å². The highest BCUT2D eigenvalue weighted by Gasteiger charge is 2.34. The van der Waals surface area contributed by atoms with Gasteiger partial charge >= 0.3 is 0 Å². The number of fused-ring (bicyclic) bond motifs is 1. The summed E-state index contributed by atoms with van der Waals surface area (Å²) >= 11 is 6.58. The highest BCUT2D eigenvalue weighted by Crippen LogP contribution is 2.39. The van der Waals surface area contributed by atoms with E-state index in [1.54, 1.807) is 21.3 Å². The first-order valence-electron chi connectivity index (χ1n) is 10.2. The summed E-state index contributed by atoms with van der Waals surface area (Å²) in [6.45, 7) is 1.81. The molecule has 166 valence electrons. The van der Waals surface area contributed by atoms with Crippen LogP contribution in [0.15, 0.2) is 47.6 Å². The van der Waals surface area contributed by atoms with Gasteiger partial charge in [-0.1, -0.05) is 18.5 Å². The van der Waals surface area contributed by atoms with Crippen molar-refractivity contribution in [1.82, 2.24) is 9.99 Å². The van der Waals surface area contributed by atoms with Crippen molar-refractivity contribution in [3.8, 4) is 17.2 Å². The monoisotopic (exact) mass is 453 g/mol. The van der Waals surface area contributed by atoms with E-state index in [1.807, 2.05) is 49.4 Å². The molecule has 3 aromatic rings. The first-order chi connectivity index (χ1) is 15.5. The number of nitrogens with zero attached hydrogens (tertiary/aromatic N) is 3. The Hall–Kier alpha value is -3.32. The van der Waals surface area contributed by atoms with Crippen molar-refractivity contribution in [3.05, 3.63) is 58.7 Å². The molecule has 32 heavy (non-hydrogen) atoms. The fourth-order valence-corrected chi connectivity index (χ4v) is 4.11. The van der Waals surface area contributed by atoms with E-state index in [0.29, 0.717) is 29.5 Å². The van der Waals surface area contributed by atoms with Gasteiger partial charge in [0.1, 0.15) is 10.9 Å². The maximum atomic E-state index is 12.8. The quantitative estimate of drug-likeness (QED) is 0.491. The van der Waals surface area contributed by atoms with E-state index in [2.05, 4.69) is 10.1 Å². The standard InChI is InChI=1S/C24H24ClN3O4/c1-5-23(29)28-20(13-19(27-28)14-6-9-21(31-3)22(12-14)32-4)17-11-15-10-16(30-2)7-8-18(15)26-24(17)25/h6-12,20H,5,13H2,1-4H3/t20-/m1/s1. The lowest BCUT2D eigenvalue weighted by atomic mass is 9.98. The largest absolute Gasteiger partial charge is 0.497 e. The molecule has 8 heteroatoms. The number of halogens is 1. The zero-order valence-corrected chi connectivity index (χ0v) is 19.1. The number of carbonyl (C=O) groups excluding carboxylic acids is 1. The predicted molar refractivity (Wildman–Crippen MR) is 124 cm³/mol. The number of ether oxygens (including phenoxy) is 3. The summed E-state index contributed by atoms with van der Waals surface area (Å²) in [5.74, 6) is 1.86. The molecule has 0 radical (unpaired) electrons. The molecule has 0 saturated heterocycles. The molecule has 0 unspecified atom stereocenters. The number of amides is 1. The van der Waals surface area contributed by atoms with E-state index in [4.69, 9.17) is 25.8 Å². The van der Waals surface area contributed by atoms with Crippen LogP contribution in [0.1, 0.15) is 36.9 Å². The molecule has 1 atom stereocenters. The van der Waals surface area contributed by atoms with Crippen LogP contribution in [0.5, 0.6) is 17.2 Å². The normalized spacial score (nSPS) is 15.6. The van der Waals surface area contributed by atoms with Gasteiger partial charge in [0.05, 0.1) is 38.6 Å². The van der Waals surface area contributed by atoms with Gasteiger partial charge in [-0.05, 0) is 42.5 Å². The second-order valence-corrected chi connectivity index (χ2v) is 7.71. The summed E-state index contributed by atoms with van der Waals surface area (Å²) in [6, 6.07) is 12.8. The van der Waals surface area contributed by atoms with Gasteiger partial charge in [0.2, 0.25) is 5.91 Å². The molecule has 7 nitrogen and oxygen atoms in total. The number of hydrazone groups is 1. The smallest absolute Gasteiger partial charge is 0.242 e. The van der Waals surface area contributed by atoms with E-state index in [-0.39, 0.29) is 11.9 Å². The van der Waals surface area contributed by atoms with Crippen molar-refractivity contribution in [3.63, 3.8) is 0 Å². The first kappa shape index (κ1) is 21.9. The molecule has 1 aliphatic rings. The molecule has 0 saturated carbocycles. The Bertz CT molecular complexity index is 1210. The Balaban J connectivity index is 1.76. The van der Waals surface area contributed by atoms with Crippen molar-refractivity contribution in [2.45, 2.75) is 25.8 Å². The third-order valence-electron chi connectivity index (χ3n) is 5.55. The topological polar surface area (TPSA) is 73.3 Å². The Morgan fingerprint density at radius 3 is 2.53 bits per heavy atom. The van der Waals surface area contributed by atoms with Gasteiger partial charge in [0.25, 0.3) is 0 Å². The Morgan fingerprint density at radius 2 is 1.84 bits per heavy atom. The Morgan fingerprint density at radius 1 is 1.06 bits per heavy atom. The van der Waals surface area contributed by atoms with Crippen LogP contribution in [0.25, 0.3) is 10.9 Å². The predicted octanol–water partition coefficient (Wildman–Crippen LogP) is 5.00. The van der Waals surface area contributed by atoms with Gasteiger partial charge in [-0.2, -0.15) is 5.10 Å². The third kappa shape index (κ3) is 3.96. The molecule has 0 bridgehead atoms. The van der Waals surface area contributed by atoms with E-state index < -0.39 is 0 Å². The van der Waals surface area contributed by atoms with Crippen LogP contribution in [0, 0.1) is 0 Å². The van der Waals surface area contributed by atoms with Gasteiger partial charge in [0, 0.05) is 29.4 Å². The summed E-state index contributed by atoms with van der Waals surface area (Å²) in [5, 5.41) is 7.41. The molecule has 0 N–H and O–H groups in total. The van der Waals surface area contributed by atoms with Gasteiger partial charge in [-0.15, -0.1) is 0 Å². The molecule has 1 aliphatic heterocycles. The van der Waals surface area contributed by atoms with Crippen LogP contribution in [0.3, 0.4) is 0 Å². The van der Waals surface area contributed by atoms with E-state index >= 15 is 0 Å². The van der Waals surface area contributed by atoms with E-state index in [9.17, 15) is 4.79 Å². The molecule has 0 spiro atoms. The van der Waals surface area contributed by atoms with E-state index in [0.717, 1.165) is 33.5 Å². The first-order valence-corrected chi connectivity index (χ1v) is 10.6. The fraction of sp³-hybridized carbons (Fsp3) is 0.292. The second-order valence-electron chi connectivity index (χ2n) is 7.36. The fourth-order valence-electron chi connectivity index (χ4n) is 3.84. The number of methoxy groups -OCH3 is 3. The lowest BCUT2D eigenvalue weighted by Gasteiger charge is -2.22. The summed E-state index contributed by atoms with van der Waals surface area (Å²) < 4.78 is 16.1. The zero-order chi connectivity index (χ0) is 22.8. The maximum absolute atomic E-state index is 12.8. The maximum Gasteiger partial charge on any atom is 0.242 e. The van der Waals surface area contributed by atoms with Gasteiger partial charge in [-0.25, -0.2) is 9.99 Å². The SMILES string of the molecule is CCC(=O)N1N=C(c2ccc(OC)c(OC)c2)C[C@@H]1c1cc2cc(OC)ccc2nc1Cl. The molecule has 0 aliphatic carbocycles. The van der Waals surface area contributed by atoms with Crippen molar-refractivity contribution < 1.29 is 19.0 Å². The molecule has 4 rings (SSSR count). The number of pyridine rings is 1. The minimum absolute atomic E-state index is 0.0905. The third-order valence-corrected chi connectivity index (χ3v) is 5.85. The minimum atomic E-state index is -0.360. The van der Waals surface area contributed by atoms with Crippen molar-refractivity contribution >= 4 is 34.1 Å². The number of hydrogen-bond donors (Lipinski definition) is 0. The number of hydrogen-bond acceptors (Lipinski definition) is 6. The lowest BCUT2D eigenvalue weighted by molar-refractivity contribution is -0.132.